The first-order chi connectivity index (χ1) is 9.03. The molecule has 5 nitrogen and oxygen atoms in total. The van der Waals surface area contributed by atoms with Gasteiger partial charge in [-0.05, 0) is 55.3 Å². The lowest BCUT2D eigenvalue weighted by Crippen LogP contribution is -2.27. The molecule has 0 fully saturated rings. The molecule has 1 rings (SSSR count). The number of aryl methyl sites for hydroxylation is 1. The molecule has 7 heteroatoms. The van der Waals surface area contributed by atoms with Gasteiger partial charge < -0.3 is 9.84 Å². The Balaban J connectivity index is 3.18. The van der Waals surface area contributed by atoms with Crippen LogP contribution in [0.2, 0.25) is 0 Å². The van der Waals surface area contributed by atoms with Crippen molar-refractivity contribution in [3.05, 3.63) is 27.5 Å². The van der Waals surface area contributed by atoms with Gasteiger partial charge in [-0.15, -0.1) is 0 Å². The number of rotatable bonds is 2. The van der Waals surface area contributed by atoms with Gasteiger partial charge in [0.05, 0.1) is 15.7 Å². The number of halogens is 2. The van der Waals surface area contributed by atoms with Gasteiger partial charge in [0, 0.05) is 0 Å². The summed E-state index contributed by atoms with van der Waals surface area (Å²) >= 11 is 2.98. The van der Waals surface area contributed by atoms with Crippen LogP contribution in [0.3, 0.4) is 0 Å². The number of carbonyl (C=O) groups is 2. The Morgan fingerprint density at radius 3 is 2.40 bits per heavy atom. The minimum absolute atomic E-state index is 0.0426. The number of carboxylic acid groups (broad SMARTS) is 1. The molecule has 2 N–H and O–H groups in total. The van der Waals surface area contributed by atoms with Gasteiger partial charge in [-0.25, -0.2) is 14.0 Å². The number of hydrogen-bond donors (Lipinski definition) is 2. The van der Waals surface area contributed by atoms with Gasteiger partial charge in [-0.3, -0.25) is 5.32 Å². The zero-order valence-corrected chi connectivity index (χ0v) is 13.1. The van der Waals surface area contributed by atoms with Gasteiger partial charge in [0.25, 0.3) is 0 Å². The lowest BCUT2D eigenvalue weighted by Gasteiger charge is -2.20. The van der Waals surface area contributed by atoms with Crippen molar-refractivity contribution in [2.24, 2.45) is 0 Å². The van der Waals surface area contributed by atoms with Crippen molar-refractivity contribution in [2.75, 3.05) is 5.32 Å². The molecule has 0 saturated heterocycles. The van der Waals surface area contributed by atoms with Crippen molar-refractivity contribution < 1.29 is 23.8 Å². The van der Waals surface area contributed by atoms with E-state index >= 15 is 0 Å². The van der Waals surface area contributed by atoms with Crippen molar-refractivity contribution in [1.82, 2.24) is 0 Å². The van der Waals surface area contributed by atoms with Crippen molar-refractivity contribution in [2.45, 2.75) is 33.3 Å². The quantitative estimate of drug-likeness (QED) is 0.849. The largest absolute Gasteiger partial charge is 0.478 e. The molecule has 1 aromatic carbocycles. The fourth-order valence-electron chi connectivity index (χ4n) is 1.44. The molecule has 0 aliphatic heterocycles. The summed E-state index contributed by atoms with van der Waals surface area (Å²) in [7, 11) is 0. The third kappa shape index (κ3) is 3.93. The highest BCUT2D eigenvalue weighted by molar-refractivity contribution is 9.10. The lowest BCUT2D eigenvalue weighted by atomic mass is 10.1. The molecular formula is C13H15BrFNO4. The fourth-order valence-corrected chi connectivity index (χ4v) is 2.00. The summed E-state index contributed by atoms with van der Waals surface area (Å²) in [6, 6.07) is 1.18. The number of aromatic carboxylic acids is 1. The van der Waals surface area contributed by atoms with Crippen LogP contribution in [0.5, 0.6) is 0 Å². The second-order valence-corrected chi connectivity index (χ2v) is 5.97. The molecule has 0 unspecified atom stereocenters. The van der Waals surface area contributed by atoms with Crippen LogP contribution < -0.4 is 5.32 Å². The smallest absolute Gasteiger partial charge is 0.412 e. The number of hydrogen-bond acceptors (Lipinski definition) is 3. The molecule has 0 atom stereocenters. The molecule has 1 amide bonds. The average molecular weight is 348 g/mol. The van der Waals surface area contributed by atoms with E-state index in [0.717, 1.165) is 0 Å². The Hall–Kier alpha value is -1.63. The van der Waals surface area contributed by atoms with Gasteiger partial charge in [0.15, 0.2) is 5.82 Å². The molecule has 0 spiro atoms. The number of benzene rings is 1. The number of nitrogens with one attached hydrogen (secondary N) is 1. The summed E-state index contributed by atoms with van der Waals surface area (Å²) in [5, 5.41) is 11.3. The van der Waals surface area contributed by atoms with Crippen LogP contribution in [0.4, 0.5) is 14.9 Å². The van der Waals surface area contributed by atoms with Gasteiger partial charge in [0.1, 0.15) is 5.60 Å². The van der Waals surface area contributed by atoms with Crippen LogP contribution in [-0.4, -0.2) is 22.8 Å². The number of carbonyl (C=O) groups excluding carboxylic acids is 1. The molecule has 0 bridgehead atoms. The molecular weight excluding hydrogens is 333 g/mol. The van der Waals surface area contributed by atoms with E-state index in [1.165, 1.54) is 13.0 Å². The summed E-state index contributed by atoms with van der Waals surface area (Å²) in [6.45, 7) is 6.40. The van der Waals surface area contributed by atoms with Crippen molar-refractivity contribution >= 4 is 33.7 Å². The molecule has 20 heavy (non-hydrogen) atoms. The summed E-state index contributed by atoms with van der Waals surface area (Å²) in [5.41, 5.74) is -1.03. The predicted octanol–water partition coefficient (Wildman–Crippen LogP) is 3.94. The van der Waals surface area contributed by atoms with Crippen LogP contribution in [0.15, 0.2) is 10.5 Å². The monoisotopic (exact) mass is 347 g/mol. The van der Waals surface area contributed by atoms with Crippen molar-refractivity contribution in [3.8, 4) is 0 Å². The molecule has 1 aromatic rings. The highest BCUT2D eigenvalue weighted by Crippen LogP contribution is 2.32. The second-order valence-electron chi connectivity index (χ2n) is 5.18. The third-order valence-electron chi connectivity index (χ3n) is 2.24. The van der Waals surface area contributed by atoms with E-state index in [2.05, 4.69) is 21.2 Å². The van der Waals surface area contributed by atoms with E-state index in [0.29, 0.717) is 0 Å². The van der Waals surface area contributed by atoms with Crippen LogP contribution in [0, 0.1) is 12.7 Å². The number of anilines is 1. The zero-order valence-electron chi connectivity index (χ0n) is 11.5. The Bertz CT molecular complexity index is 566. The molecule has 0 aromatic heterocycles. The average Bonchev–Trinajstić information content (AvgIpc) is 2.26. The SMILES string of the molecule is Cc1cc(C(=O)O)c(Br)c(NC(=O)OC(C)(C)C)c1F. The van der Waals surface area contributed by atoms with E-state index in [1.807, 2.05) is 0 Å². The first kappa shape index (κ1) is 16.4. The lowest BCUT2D eigenvalue weighted by molar-refractivity contribution is 0.0631. The summed E-state index contributed by atoms with van der Waals surface area (Å²) in [6.07, 6.45) is -0.862. The molecule has 0 saturated carbocycles. The number of ether oxygens (including phenoxy) is 1. The normalized spacial score (nSPS) is 11.1. The Kier molecular flexibility index (Phi) is 4.75. The van der Waals surface area contributed by atoms with E-state index < -0.39 is 23.5 Å². The van der Waals surface area contributed by atoms with Crippen molar-refractivity contribution in [3.63, 3.8) is 0 Å². The van der Waals surface area contributed by atoms with Gasteiger partial charge in [0.2, 0.25) is 0 Å². The van der Waals surface area contributed by atoms with Crippen LogP contribution in [0.25, 0.3) is 0 Å². The van der Waals surface area contributed by atoms with E-state index in [4.69, 9.17) is 9.84 Å². The maximum absolute atomic E-state index is 14.0. The number of amides is 1. The van der Waals surface area contributed by atoms with E-state index in [1.54, 1.807) is 20.8 Å². The third-order valence-corrected chi connectivity index (χ3v) is 3.06. The van der Waals surface area contributed by atoms with E-state index in [9.17, 15) is 14.0 Å². The molecule has 0 aliphatic rings. The van der Waals surface area contributed by atoms with Gasteiger partial charge in [-0.2, -0.15) is 0 Å². The van der Waals surface area contributed by atoms with Gasteiger partial charge >= 0.3 is 12.1 Å². The Labute approximate surface area is 124 Å². The molecule has 0 heterocycles. The molecule has 0 aliphatic carbocycles. The maximum Gasteiger partial charge on any atom is 0.412 e. The summed E-state index contributed by atoms with van der Waals surface area (Å²) in [5.74, 6) is -1.94. The molecule has 110 valence electrons. The van der Waals surface area contributed by atoms with E-state index in [-0.39, 0.29) is 21.3 Å². The highest BCUT2D eigenvalue weighted by Gasteiger charge is 2.23. The van der Waals surface area contributed by atoms with Crippen LogP contribution >= 0.6 is 15.9 Å². The highest BCUT2D eigenvalue weighted by atomic mass is 79.9. The molecule has 0 radical (unpaired) electrons. The zero-order chi connectivity index (χ0) is 15.7. The Morgan fingerprint density at radius 2 is 1.95 bits per heavy atom. The van der Waals surface area contributed by atoms with Crippen molar-refractivity contribution in [1.29, 1.82) is 0 Å². The number of carboxylic acids is 1. The minimum atomic E-state index is -1.23. The fraction of sp³-hybridized carbons (Fsp3) is 0.385. The predicted molar refractivity (Wildman–Crippen MR) is 75.7 cm³/mol. The topological polar surface area (TPSA) is 75.6 Å². The minimum Gasteiger partial charge on any atom is -0.478 e. The van der Waals surface area contributed by atoms with Gasteiger partial charge in [-0.1, -0.05) is 0 Å². The van der Waals surface area contributed by atoms with Crippen LogP contribution in [-0.2, 0) is 4.74 Å². The first-order valence-corrected chi connectivity index (χ1v) is 6.54. The Morgan fingerprint density at radius 1 is 1.40 bits per heavy atom. The summed E-state index contributed by atoms with van der Waals surface area (Å²) in [4.78, 5) is 22.7. The van der Waals surface area contributed by atoms with Crippen LogP contribution in [0.1, 0.15) is 36.7 Å². The summed E-state index contributed by atoms with van der Waals surface area (Å²) < 4.78 is 19.0. The standard InChI is InChI=1S/C13H15BrFNO4/c1-6-5-7(11(17)18)8(14)10(9(6)15)16-12(19)20-13(2,3)4/h5H,1-4H3,(H,16,19)(H,17,18). The second kappa shape index (κ2) is 5.78. The first-order valence-electron chi connectivity index (χ1n) is 5.75. The maximum atomic E-state index is 14.0.